The van der Waals surface area contributed by atoms with Crippen LogP contribution >= 0.6 is 0 Å². The second-order valence-electron chi connectivity index (χ2n) is 8.03. The number of benzene rings is 1. The van der Waals surface area contributed by atoms with Crippen LogP contribution in [0, 0.1) is 11.8 Å². The van der Waals surface area contributed by atoms with E-state index in [0.717, 1.165) is 24.6 Å². The summed E-state index contributed by atoms with van der Waals surface area (Å²) in [4.78, 5) is 32.4. The zero-order chi connectivity index (χ0) is 20.1. The number of likely N-dealkylation sites (tertiary alicyclic amines) is 1. The Morgan fingerprint density at radius 1 is 1.18 bits per heavy atom. The number of piperidine rings is 1. The molecule has 2 amide bonds. The summed E-state index contributed by atoms with van der Waals surface area (Å²) in [6.07, 6.45) is 1.27. The zero-order valence-corrected chi connectivity index (χ0v) is 17.1. The summed E-state index contributed by atoms with van der Waals surface area (Å²) in [7, 11) is 1.82. The minimum Gasteiger partial charge on any atom is -0.353 e. The van der Waals surface area contributed by atoms with Crippen LogP contribution in [0.3, 0.4) is 0 Å². The molecule has 0 aromatic heterocycles. The fraction of sp³-hybridized carbons (Fsp3) is 0.571. The van der Waals surface area contributed by atoms with Crippen LogP contribution in [0.15, 0.2) is 29.3 Å². The fourth-order valence-electron chi connectivity index (χ4n) is 4.11. The molecule has 2 unspecified atom stereocenters. The Balaban J connectivity index is 1.56. The third kappa shape index (κ3) is 5.03. The fourth-order valence-corrected chi connectivity index (χ4v) is 4.11. The van der Waals surface area contributed by atoms with Gasteiger partial charge in [-0.3, -0.25) is 14.6 Å². The third-order valence-corrected chi connectivity index (χ3v) is 5.36. The molecule has 2 N–H and O–H groups in total. The number of nitrogens with zero attached hydrogens (tertiary/aromatic N) is 3. The number of nitrogens with one attached hydrogen (secondary N) is 2. The van der Waals surface area contributed by atoms with Gasteiger partial charge in [0.15, 0.2) is 5.96 Å². The van der Waals surface area contributed by atoms with E-state index < -0.39 is 0 Å². The molecule has 0 spiro atoms. The number of guanidine groups is 1. The number of amides is 2. The van der Waals surface area contributed by atoms with E-state index in [1.165, 1.54) is 6.42 Å². The van der Waals surface area contributed by atoms with Gasteiger partial charge in [-0.05, 0) is 36.0 Å². The highest BCUT2D eigenvalue weighted by Gasteiger charge is 2.24. The van der Waals surface area contributed by atoms with E-state index in [-0.39, 0.29) is 18.4 Å². The molecule has 0 aliphatic carbocycles. The molecule has 2 saturated heterocycles. The summed E-state index contributed by atoms with van der Waals surface area (Å²) in [5.74, 6) is 2.07. The molecule has 2 aliphatic heterocycles. The highest BCUT2D eigenvalue weighted by molar-refractivity contribution is 5.97. The Hall–Kier alpha value is -2.57. The Morgan fingerprint density at radius 2 is 1.86 bits per heavy atom. The smallest absolute Gasteiger partial charge is 0.254 e. The molecule has 3 rings (SSSR count). The van der Waals surface area contributed by atoms with Crippen molar-refractivity contribution >= 4 is 17.8 Å². The van der Waals surface area contributed by atoms with Gasteiger partial charge in [-0.25, -0.2) is 0 Å². The molecule has 1 aromatic carbocycles. The van der Waals surface area contributed by atoms with Crippen molar-refractivity contribution in [1.82, 2.24) is 20.4 Å². The first-order valence-corrected chi connectivity index (χ1v) is 10.1. The van der Waals surface area contributed by atoms with Crippen molar-refractivity contribution in [2.24, 2.45) is 16.8 Å². The van der Waals surface area contributed by atoms with E-state index in [4.69, 9.17) is 0 Å². The molecule has 2 aliphatic rings. The molecule has 0 saturated carbocycles. The number of rotatable bonds is 3. The monoisotopic (exact) mass is 385 g/mol. The SMILES string of the molecule is CN=C(NCc1ccc(C(=O)N2CCNC(=O)C2)cc1)N1CC(C)CC(C)C1. The van der Waals surface area contributed by atoms with Gasteiger partial charge in [0, 0.05) is 45.3 Å². The number of hydrogen-bond acceptors (Lipinski definition) is 3. The van der Waals surface area contributed by atoms with Crippen LogP contribution in [0.1, 0.15) is 36.2 Å². The average molecular weight is 386 g/mol. The molecule has 1 aromatic rings. The van der Waals surface area contributed by atoms with Gasteiger partial charge in [0.05, 0.1) is 6.54 Å². The molecular formula is C21H31N5O2. The van der Waals surface area contributed by atoms with Gasteiger partial charge in [-0.2, -0.15) is 0 Å². The van der Waals surface area contributed by atoms with Crippen LogP contribution < -0.4 is 10.6 Å². The van der Waals surface area contributed by atoms with E-state index >= 15 is 0 Å². The number of piperazine rings is 1. The van der Waals surface area contributed by atoms with Gasteiger partial charge in [-0.15, -0.1) is 0 Å². The molecule has 0 radical (unpaired) electrons. The summed E-state index contributed by atoms with van der Waals surface area (Å²) in [6, 6.07) is 7.58. The van der Waals surface area contributed by atoms with E-state index in [9.17, 15) is 9.59 Å². The van der Waals surface area contributed by atoms with E-state index in [0.29, 0.717) is 37.0 Å². The summed E-state index contributed by atoms with van der Waals surface area (Å²) >= 11 is 0. The number of carbonyl (C=O) groups excluding carboxylic acids is 2. The molecule has 0 bridgehead atoms. The summed E-state index contributed by atoms with van der Waals surface area (Å²) in [5.41, 5.74) is 1.70. The maximum absolute atomic E-state index is 12.5. The molecule has 152 valence electrons. The number of carbonyl (C=O) groups is 2. The first-order valence-electron chi connectivity index (χ1n) is 10.1. The Morgan fingerprint density at radius 3 is 2.46 bits per heavy atom. The highest BCUT2D eigenvalue weighted by atomic mass is 16.2. The van der Waals surface area contributed by atoms with Gasteiger partial charge in [-0.1, -0.05) is 26.0 Å². The molecule has 2 atom stereocenters. The van der Waals surface area contributed by atoms with Crippen molar-refractivity contribution in [3.05, 3.63) is 35.4 Å². The van der Waals surface area contributed by atoms with Gasteiger partial charge >= 0.3 is 0 Å². The van der Waals surface area contributed by atoms with Crippen molar-refractivity contribution < 1.29 is 9.59 Å². The number of aliphatic imine (C=N–C) groups is 1. The summed E-state index contributed by atoms with van der Waals surface area (Å²) < 4.78 is 0. The van der Waals surface area contributed by atoms with Crippen molar-refractivity contribution in [1.29, 1.82) is 0 Å². The maximum atomic E-state index is 12.5. The largest absolute Gasteiger partial charge is 0.353 e. The van der Waals surface area contributed by atoms with Crippen LogP contribution in [-0.2, 0) is 11.3 Å². The average Bonchev–Trinajstić information content (AvgIpc) is 2.68. The zero-order valence-electron chi connectivity index (χ0n) is 17.1. The lowest BCUT2D eigenvalue weighted by molar-refractivity contribution is -0.123. The maximum Gasteiger partial charge on any atom is 0.254 e. The Kier molecular flexibility index (Phi) is 6.54. The van der Waals surface area contributed by atoms with E-state index in [1.807, 2.05) is 31.3 Å². The Labute approximate surface area is 167 Å². The second kappa shape index (κ2) is 9.08. The van der Waals surface area contributed by atoms with Crippen molar-refractivity contribution in [2.45, 2.75) is 26.8 Å². The van der Waals surface area contributed by atoms with Gasteiger partial charge in [0.25, 0.3) is 5.91 Å². The van der Waals surface area contributed by atoms with Gasteiger partial charge < -0.3 is 20.4 Å². The van der Waals surface area contributed by atoms with Crippen LogP contribution in [0.25, 0.3) is 0 Å². The molecular weight excluding hydrogens is 354 g/mol. The molecule has 2 heterocycles. The molecule has 7 heteroatoms. The predicted molar refractivity (Wildman–Crippen MR) is 110 cm³/mol. The summed E-state index contributed by atoms with van der Waals surface area (Å²) in [5, 5.41) is 6.18. The quantitative estimate of drug-likeness (QED) is 0.608. The van der Waals surface area contributed by atoms with Crippen LogP contribution in [-0.4, -0.2) is 67.3 Å². The minimum absolute atomic E-state index is 0.0959. The van der Waals surface area contributed by atoms with E-state index in [2.05, 4.69) is 34.4 Å². The molecule has 28 heavy (non-hydrogen) atoms. The lowest BCUT2D eigenvalue weighted by Crippen LogP contribution is -2.49. The minimum atomic E-state index is -0.104. The van der Waals surface area contributed by atoms with Crippen molar-refractivity contribution in [3.8, 4) is 0 Å². The van der Waals surface area contributed by atoms with Crippen LogP contribution in [0.5, 0.6) is 0 Å². The van der Waals surface area contributed by atoms with Gasteiger partial charge in [0.1, 0.15) is 0 Å². The standard InChI is InChI=1S/C21H31N5O2/c1-15-10-16(2)13-26(12-15)21(22-3)24-11-17-4-6-18(7-5-17)20(28)25-9-8-23-19(27)14-25/h4-7,15-16H,8-14H2,1-3H3,(H,22,24)(H,23,27). The van der Waals surface area contributed by atoms with Crippen LogP contribution in [0.2, 0.25) is 0 Å². The molecule has 2 fully saturated rings. The van der Waals surface area contributed by atoms with Crippen molar-refractivity contribution in [2.75, 3.05) is 39.8 Å². The predicted octanol–water partition coefficient (Wildman–Crippen LogP) is 1.31. The van der Waals surface area contributed by atoms with Crippen LogP contribution in [0.4, 0.5) is 0 Å². The lowest BCUT2D eigenvalue weighted by Gasteiger charge is -2.37. The lowest BCUT2D eigenvalue weighted by atomic mass is 9.92. The van der Waals surface area contributed by atoms with Crippen molar-refractivity contribution in [3.63, 3.8) is 0 Å². The Bertz CT molecular complexity index is 721. The highest BCUT2D eigenvalue weighted by Crippen LogP contribution is 2.21. The summed E-state index contributed by atoms with van der Waals surface area (Å²) in [6.45, 7) is 8.49. The number of hydrogen-bond donors (Lipinski definition) is 2. The first-order chi connectivity index (χ1) is 13.5. The second-order valence-corrected chi connectivity index (χ2v) is 8.03. The van der Waals surface area contributed by atoms with E-state index in [1.54, 1.807) is 4.90 Å². The molecule has 7 nitrogen and oxygen atoms in total. The third-order valence-electron chi connectivity index (χ3n) is 5.36. The van der Waals surface area contributed by atoms with Gasteiger partial charge in [0.2, 0.25) is 5.91 Å². The first kappa shape index (κ1) is 20.2. The normalized spacial score (nSPS) is 23.4. The topological polar surface area (TPSA) is 77.0 Å².